The molecule has 0 aliphatic rings. The van der Waals surface area contributed by atoms with E-state index in [4.69, 9.17) is 20.4 Å². The van der Waals surface area contributed by atoms with Crippen LogP contribution in [0.1, 0.15) is 0 Å². The van der Waals surface area contributed by atoms with Crippen LogP contribution < -0.4 is 118 Å². The number of phenols is 4. The fourth-order valence-corrected chi connectivity index (χ4v) is 4.22. The SMILES string of the molecule is O=S(=O)([O-])c1cc(O)c(O)c(S(=O)(=O)[O-])c1.O=S(=O)([O-])c1cc(O)c(O)c(S(=O)(=O)[O-])c1.[Na+].[Na+].[Na+].[Na+]. The molecule has 0 heterocycles. The molecule has 0 aliphatic carbocycles. The van der Waals surface area contributed by atoms with E-state index in [9.17, 15) is 51.9 Å². The van der Waals surface area contributed by atoms with Gasteiger partial charge in [0.2, 0.25) is 0 Å². The predicted molar refractivity (Wildman–Crippen MR) is 91.4 cm³/mol. The molecule has 36 heavy (non-hydrogen) atoms. The van der Waals surface area contributed by atoms with Crippen LogP contribution in [0.25, 0.3) is 0 Å². The molecule has 2 aromatic rings. The second kappa shape index (κ2) is 15.9. The predicted octanol–water partition coefficient (Wildman–Crippen LogP) is -14.2. The number of phenolic OH excluding ortho intramolecular Hbond substituents is 4. The van der Waals surface area contributed by atoms with Crippen molar-refractivity contribution in [3.8, 4) is 23.0 Å². The van der Waals surface area contributed by atoms with Crippen LogP contribution in [0.5, 0.6) is 23.0 Å². The van der Waals surface area contributed by atoms with Gasteiger partial charge in [0, 0.05) is 12.1 Å². The summed E-state index contributed by atoms with van der Waals surface area (Å²) in [6.45, 7) is 0. The van der Waals surface area contributed by atoms with Crippen LogP contribution in [0.15, 0.2) is 43.8 Å². The van der Waals surface area contributed by atoms with Gasteiger partial charge in [-0.15, -0.1) is 0 Å². The number of rotatable bonds is 4. The fraction of sp³-hybridized carbons (Fsp3) is 0. The first kappa shape index (κ1) is 44.3. The minimum Gasteiger partial charge on any atom is -0.744 e. The third-order valence-corrected chi connectivity index (χ3v) is 6.50. The molecule has 0 saturated carbocycles. The minimum absolute atomic E-state index is 0. The van der Waals surface area contributed by atoms with Gasteiger partial charge < -0.3 is 38.6 Å². The van der Waals surface area contributed by atoms with Crippen molar-refractivity contribution in [3.63, 3.8) is 0 Å². The summed E-state index contributed by atoms with van der Waals surface area (Å²) in [7, 11) is -20.5. The maximum absolute atomic E-state index is 10.6. The quantitative estimate of drug-likeness (QED) is 0.139. The molecule has 180 valence electrons. The van der Waals surface area contributed by atoms with E-state index in [0.717, 1.165) is 0 Å². The molecule has 0 aliphatic heterocycles. The van der Waals surface area contributed by atoms with E-state index in [2.05, 4.69) is 0 Å². The largest absolute Gasteiger partial charge is 1.00 e. The van der Waals surface area contributed by atoms with E-state index < -0.39 is 83.1 Å². The van der Waals surface area contributed by atoms with Crippen molar-refractivity contribution in [2.24, 2.45) is 0 Å². The van der Waals surface area contributed by atoms with Gasteiger partial charge in [0.1, 0.15) is 50.3 Å². The number of hydrogen-bond donors (Lipinski definition) is 4. The molecular weight excluding hydrogens is 620 g/mol. The van der Waals surface area contributed by atoms with Crippen LogP contribution in [0, 0.1) is 0 Å². The Balaban J connectivity index is -0.000000256. The van der Waals surface area contributed by atoms with Crippen molar-refractivity contribution in [2.75, 3.05) is 0 Å². The summed E-state index contributed by atoms with van der Waals surface area (Å²) in [6.07, 6.45) is 0. The van der Waals surface area contributed by atoms with Gasteiger partial charge >= 0.3 is 118 Å². The van der Waals surface area contributed by atoms with Crippen molar-refractivity contribution in [1.82, 2.24) is 0 Å². The molecular formula is C12H8Na4O16S4. The van der Waals surface area contributed by atoms with Crippen LogP contribution in [-0.4, -0.2) is 72.3 Å². The van der Waals surface area contributed by atoms with E-state index in [1.165, 1.54) is 0 Å². The molecule has 2 aromatic carbocycles. The summed E-state index contributed by atoms with van der Waals surface area (Å²) in [5.41, 5.74) is 0. The van der Waals surface area contributed by atoms with Gasteiger partial charge in [0.25, 0.3) is 0 Å². The molecule has 0 bridgehead atoms. The summed E-state index contributed by atoms with van der Waals surface area (Å²) in [6, 6.07) is 1.04. The number of aromatic hydroxyl groups is 4. The first-order chi connectivity index (χ1) is 14.1. The second-order valence-electron chi connectivity index (χ2n) is 5.39. The summed E-state index contributed by atoms with van der Waals surface area (Å²) in [5.74, 6) is -4.98. The van der Waals surface area contributed by atoms with Gasteiger partial charge in [-0.05, 0) is 12.1 Å². The Morgan fingerprint density at radius 2 is 0.667 bits per heavy atom. The zero-order valence-electron chi connectivity index (χ0n) is 18.6. The Kier molecular flexibility index (Phi) is 19.6. The van der Waals surface area contributed by atoms with Crippen molar-refractivity contribution in [3.05, 3.63) is 24.3 Å². The number of hydrogen-bond acceptors (Lipinski definition) is 16. The molecule has 0 saturated heterocycles. The standard InChI is InChI=1S/2C6H6O8S2.4Na/c2*7-4-1-3(15(9,10)11)2-5(6(4)8)16(12,13)14;;;;/h2*1-2,7-8H,(H,9,10,11)(H,12,13,14);;;;/q;;4*+1/p-4. The molecule has 24 heteroatoms. The van der Waals surface area contributed by atoms with E-state index >= 15 is 0 Å². The Morgan fingerprint density at radius 3 is 0.833 bits per heavy atom. The van der Waals surface area contributed by atoms with Crippen LogP contribution in [0.4, 0.5) is 0 Å². The average Bonchev–Trinajstić information content (AvgIpc) is 2.56. The first-order valence-electron chi connectivity index (χ1n) is 7.02. The monoisotopic (exact) mass is 628 g/mol. The summed E-state index contributed by atoms with van der Waals surface area (Å²) in [4.78, 5) is -5.00. The van der Waals surface area contributed by atoms with Crippen LogP contribution >= 0.6 is 0 Å². The molecule has 0 fully saturated rings. The fourth-order valence-electron chi connectivity index (χ4n) is 1.81. The Hall–Kier alpha value is 1.28. The molecule has 0 radical (unpaired) electrons. The minimum atomic E-state index is -5.20. The number of benzene rings is 2. The van der Waals surface area contributed by atoms with Crippen molar-refractivity contribution >= 4 is 40.5 Å². The zero-order chi connectivity index (χ0) is 25.4. The van der Waals surface area contributed by atoms with Gasteiger partial charge in [-0.3, -0.25) is 0 Å². The Labute approximate surface area is 293 Å². The van der Waals surface area contributed by atoms with Crippen molar-refractivity contribution in [2.45, 2.75) is 19.6 Å². The van der Waals surface area contributed by atoms with Gasteiger partial charge in [-0.25, -0.2) is 33.7 Å². The van der Waals surface area contributed by atoms with Crippen LogP contribution in [0.2, 0.25) is 0 Å². The molecule has 0 atom stereocenters. The smallest absolute Gasteiger partial charge is 0.744 e. The maximum atomic E-state index is 10.6. The van der Waals surface area contributed by atoms with E-state index in [0.29, 0.717) is 12.1 Å². The van der Waals surface area contributed by atoms with Crippen LogP contribution in [-0.2, 0) is 40.5 Å². The molecule has 0 amide bonds. The second-order valence-corrected chi connectivity index (χ2v) is 10.9. The van der Waals surface area contributed by atoms with Gasteiger partial charge in [-0.1, -0.05) is 0 Å². The summed E-state index contributed by atoms with van der Waals surface area (Å²) >= 11 is 0. The normalized spacial score (nSPS) is 11.2. The topological polar surface area (TPSA) is 310 Å². The molecule has 2 rings (SSSR count). The molecule has 4 N–H and O–H groups in total. The first-order valence-corrected chi connectivity index (χ1v) is 12.7. The average molecular weight is 628 g/mol. The summed E-state index contributed by atoms with van der Waals surface area (Å²) < 4.78 is 127. The molecule has 0 unspecified atom stereocenters. The third kappa shape index (κ3) is 12.6. The van der Waals surface area contributed by atoms with Gasteiger partial charge in [0.15, 0.2) is 23.0 Å². The van der Waals surface area contributed by atoms with Crippen molar-refractivity contribution < 1.29 is 191 Å². The molecule has 0 spiro atoms. The Bertz CT molecular complexity index is 1390. The molecule has 0 aromatic heterocycles. The zero-order valence-corrected chi connectivity index (χ0v) is 29.9. The van der Waals surface area contributed by atoms with E-state index in [1.807, 2.05) is 0 Å². The Morgan fingerprint density at radius 1 is 0.444 bits per heavy atom. The maximum Gasteiger partial charge on any atom is 1.00 e. The van der Waals surface area contributed by atoms with E-state index in [1.54, 1.807) is 0 Å². The third-order valence-electron chi connectivity index (χ3n) is 3.17. The van der Waals surface area contributed by atoms with Crippen LogP contribution in [0.3, 0.4) is 0 Å². The molecule has 16 nitrogen and oxygen atoms in total. The van der Waals surface area contributed by atoms with Gasteiger partial charge in [-0.2, -0.15) is 0 Å². The van der Waals surface area contributed by atoms with E-state index in [-0.39, 0.29) is 130 Å². The summed E-state index contributed by atoms with van der Waals surface area (Å²) in [5, 5.41) is 35.9. The van der Waals surface area contributed by atoms with Crippen molar-refractivity contribution in [1.29, 1.82) is 0 Å². The van der Waals surface area contributed by atoms with Gasteiger partial charge in [0.05, 0.1) is 9.79 Å².